The number of aliphatic hydroxyl groups excluding tert-OH is 2. The average Bonchev–Trinajstić information content (AvgIpc) is 3.26. The number of unbranched alkanes of at least 4 members (excludes halogenated alkanes) is 40. The Balaban J connectivity index is 4.72. The van der Waals surface area contributed by atoms with Crippen LogP contribution in [0, 0.1) is 0 Å². The lowest BCUT2D eigenvalue weighted by Crippen LogP contribution is -2.61. The van der Waals surface area contributed by atoms with Crippen molar-refractivity contribution in [3.05, 3.63) is 0 Å². The first-order chi connectivity index (χ1) is 29.8. The topological polar surface area (TPSA) is 112 Å². The summed E-state index contributed by atoms with van der Waals surface area (Å²) in [5.41, 5.74) is -2.75. The minimum absolute atomic E-state index is 0.0455. The normalized spacial score (nSPS) is 13.7. The van der Waals surface area contributed by atoms with Gasteiger partial charge in [0.05, 0.1) is 0 Å². The molecule has 0 aromatic rings. The van der Waals surface area contributed by atoms with E-state index >= 15 is 0 Å². The molecular formula is C55H106O6. The zero-order valence-electron chi connectivity index (χ0n) is 41.2. The molecule has 0 radical (unpaired) electrons. The van der Waals surface area contributed by atoms with E-state index in [9.17, 15) is 29.7 Å². The molecule has 0 spiro atoms. The van der Waals surface area contributed by atoms with Crippen LogP contribution in [0.3, 0.4) is 0 Å². The second-order valence-corrected chi connectivity index (χ2v) is 19.4. The third kappa shape index (κ3) is 34.9. The second-order valence-electron chi connectivity index (χ2n) is 19.4. The van der Waals surface area contributed by atoms with Crippen molar-refractivity contribution in [2.45, 2.75) is 334 Å². The van der Waals surface area contributed by atoms with Crippen molar-refractivity contribution in [1.29, 1.82) is 0 Å². The fourth-order valence-electron chi connectivity index (χ4n) is 9.05. The van der Waals surface area contributed by atoms with Gasteiger partial charge in [-0.3, -0.25) is 14.4 Å². The predicted octanol–water partition coefficient (Wildman–Crippen LogP) is 16.2. The van der Waals surface area contributed by atoms with Crippen LogP contribution in [0.15, 0.2) is 0 Å². The average molecular weight is 863 g/mol. The summed E-state index contributed by atoms with van der Waals surface area (Å²) in [6, 6.07) is 0. The molecule has 0 saturated heterocycles. The molecule has 6 nitrogen and oxygen atoms in total. The molecule has 0 aliphatic carbocycles. The largest absolute Gasteiger partial charge is 0.386 e. The molecule has 0 bridgehead atoms. The molecule has 362 valence electrons. The van der Waals surface area contributed by atoms with Crippen molar-refractivity contribution in [3.63, 3.8) is 0 Å². The van der Waals surface area contributed by atoms with Crippen molar-refractivity contribution in [3.8, 4) is 0 Å². The predicted molar refractivity (Wildman–Crippen MR) is 261 cm³/mol. The number of aliphatic hydroxyl groups is 3. The molecule has 61 heavy (non-hydrogen) atoms. The van der Waals surface area contributed by atoms with Crippen LogP contribution in [-0.2, 0) is 14.4 Å². The van der Waals surface area contributed by atoms with Gasteiger partial charge in [-0.1, -0.05) is 278 Å². The first kappa shape index (κ1) is 59.9. The van der Waals surface area contributed by atoms with Gasteiger partial charge in [-0.2, -0.15) is 0 Å². The van der Waals surface area contributed by atoms with E-state index in [-0.39, 0.29) is 19.3 Å². The highest BCUT2D eigenvalue weighted by Crippen LogP contribution is 2.26. The molecule has 3 N–H and O–H groups in total. The van der Waals surface area contributed by atoms with Gasteiger partial charge in [0.2, 0.25) is 5.60 Å². The smallest absolute Gasteiger partial charge is 0.210 e. The summed E-state index contributed by atoms with van der Waals surface area (Å²) in [5.74, 6) is -2.12. The lowest BCUT2D eigenvalue weighted by atomic mass is 9.79. The molecule has 0 aliphatic heterocycles. The van der Waals surface area contributed by atoms with E-state index in [0.717, 1.165) is 57.8 Å². The maximum absolute atomic E-state index is 13.6. The Labute approximate surface area is 379 Å². The van der Waals surface area contributed by atoms with Gasteiger partial charge < -0.3 is 15.3 Å². The van der Waals surface area contributed by atoms with Crippen LogP contribution in [-0.4, -0.2) is 50.5 Å². The molecule has 0 rings (SSSR count). The molecule has 3 atom stereocenters. The van der Waals surface area contributed by atoms with Crippen molar-refractivity contribution in [2.24, 2.45) is 0 Å². The Morgan fingerprint density at radius 2 is 0.492 bits per heavy atom. The van der Waals surface area contributed by atoms with Gasteiger partial charge in [-0.25, -0.2) is 0 Å². The van der Waals surface area contributed by atoms with E-state index < -0.39 is 35.2 Å². The van der Waals surface area contributed by atoms with Crippen LogP contribution in [0.2, 0.25) is 0 Å². The Hall–Kier alpha value is -1.11. The second kappa shape index (κ2) is 45.5. The number of hydrogen-bond donors (Lipinski definition) is 3. The van der Waals surface area contributed by atoms with Gasteiger partial charge in [0.15, 0.2) is 17.3 Å². The zero-order chi connectivity index (χ0) is 44.9. The van der Waals surface area contributed by atoms with Crippen molar-refractivity contribution in [1.82, 2.24) is 0 Å². The molecule has 3 unspecified atom stereocenters. The highest BCUT2D eigenvalue weighted by Gasteiger charge is 2.52. The number of carbonyl (C=O) groups is 3. The summed E-state index contributed by atoms with van der Waals surface area (Å²) in [6.07, 6.45) is 46.9. The molecule has 6 heteroatoms. The van der Waals surface area contributed by atoms with E-state index in [1.807, 2.05) is 0 Å². The van der Waals surface area contributed by atoms with Gasteiger partial charge >= 0.3 is 0 Å². The summed E-state index contributed by atoms with van der Waals surface area (Å²) in [5, 5.41) is 33.9. The summed E-state index contributed by atoms with van der Waals surface area (Å²) in [4.78, 5) is 40.2. The monoisotopic (exact) mass is 863 g/mol. The van der Waals surface area contributed by atoms with E-state index in [1.54, 1.807) is 0 Å². The highest BCUT2D eigenvalue weighted by molar-refractivity contribution is 6.11. The maximum atomic E-state index is 13.6. The fraction of sp³-hybridized carbons (Fsp3) is 0.945. The minimum atomic E-state index is -2.75. The van der Waals surface area contributed by atoms with Gasteiger partial charge in [0, 0.05) is 19.3 Å². The Morgan fingerprint density at radius 3 is 0.705 bits per heavy atom. The minimum Gasteiger partial charge on any atom is -0.386 e. The molecule has 0 aromatic heterocycles. The number of ketones is 3. The van der Waals surface area contributed by atoms with Gasteiger partial charge in [-0.15, -0.1) is 0 Å². The highest BCUT2D eigenvalue weighted by atomic mass is 16.4. The standard InChI is InChI=1S/C55H106O6/c1-4-7-10-13-16-19-22-25-27-30-32-35-38-41-44-47-50(56)53(59)54(60)55(61,51(57)48-45-42-39-36-33-29-24-21-18-15-12-9-6-3)52(58)49-46-43-40-37-34-31-28-26-23-20-17-14-11-8-5-2/h53-54,59-61H,4-49H2,1-3H3. The van der Waals surface area contributed by atoms with Crippen LogP contribution in [0.25, 0.3) is 0 Å². The Bertz CT molecular complexity index is 966. The maximum Gasteiger partial charge on any atom is 0.210 e. The molecule has 0 heterocycles. The summed E-state index contributed by atoms with van der Waals surface area (Å²) in [7, 11) is 0. The number of Topliss-reactive ketones (excluding diaryl/α,β-unsaturated/α-hetero) is 3. The fourth-order valence-corrected chi connectivity index (χ4v) is 9.05. The Kier molecular flexibility index (Phi) is 44.6. The van der Waals surface area contributed by atoms with Crippen LogP contribution < -0.4 is 0 Å². The summed E-state index contributed by atoms with van der Waals surface area (Å²) >= 11 is 0. The van der Waals surface area contributed by atoms with Crippen molar-refractivity contribution < 1.29 is 29.7 Å². The van der Waals surface area contributed by atoms with Crippen molar-refractivity contribution in [2.75, 3.05) is 0 Å². The van der Waals surface area contributed by atoms with E-state index in [0.29, 0.717) is 19.3 Å². The zero-order valence-corrected chi connectivity index (χ0v) is 41.2. The SMILES string of the molecule is CCCCCCCCCCCCCCCCCC(=O)C(O)C(O)C(O)(C(=O)CCCCCCCCCCCCCCC)C(=O)CCCCCCCCCCCCCCCCC. The molecule has 0 aliphatic rings. The van der Waals surface area contributed by atoms with Crippen LogP contribution in [0.4, 0.5) is 0 Å². The quantitative estimate of drug-likeness (QED) is 0.0415. The third-order valence-corrected chi connectivity index (χ3v) is 13.4. The first-order valence-corrected chi connectivity index (χ1v) is 27.4. The van der Waals surface area contributed by atoms with Crippen LogP contribution in [0.1, 0.15) is 316 Å². The summed E-state index contributed by atoms with van der Waals surface area (Å²) in [6.45, 7) is 6.77. The third-order valence-electron chi connectivity index (χ3n) is 13.4. The molecule has 0 amide bonds. The lowest BCUT2D eigenvalue weighted by Gasteiger charge is -2.32. The van der Waals surface area contributed by atoms with E-state index in [4.69, 9.17) is 0 Å². The van der Waals surface area contributed by atoms with Crippen molar-refractivity contribution >= 4 is 17.3 Å². The van der Waals surface area contributed by atoms with Gasteiger partial charge in [0.25, 0.3) is 0 Å². The molecule has 0 saturated carbocycles. The van der Waals surface area contributed by atoms with E-state index in [1.165, 1.54) is 199 Å². The van der Waals surface area contributed by atoms with Gasteiger partial charge in [0.1, 0.15) is 12.2 Å². The molecular weight excluding hydrogens is 757 g/mol. The number of hydrogen-bond acceptors (Lipinski definition) is 6. The first-order valence-electron chi connectivity index (χ1n) is 27.4. The van der Waals surface area contributed by atoms with Crippen LogP contribution in [0.5, 0.6) is 0 Å². The Morgan fingerprint density at radius 1 is 0.311 bits per heavy atom. The number of rotatable bonds is 51. The van der Waals surface area contributed by atoms with Gasteiger partial charge in [-0.05, 0) is 19.3 Å². The van der Waals surface area contributed by atoms with Crippen LogP contribution >= 0.6 is 0 Å². The molecule has 0 fully saturated rings. The molecule has 0 aromatic carbocycles. The number of carbonyl (C=O) groups excluding carboxylic acids is 3. The lowest BCUT2D eigenvalue weighted by molar-refractivity contribution is -0.174. The van der Waals surface area contributed by atoms with E-state index in [2.05, 4.69) is 20.8 Å². The summed E-state index contributed by atoms with van der Waals surface area (Å²) < 4.78 is 0.